The highest BCUT2D eigenvalue weighted by molar-refractivity contribution is 5.67. The molecule has 0 heterocycles. The largest absolute Gasteiger partial charge is 0.444 e. The normalized spacial score (nSPS) is 15.2. The van der Waals surface area contributed by atoms with Crippen LogP contribution in [0.2, 0.25) is 0 Å². The number of rotatable bonds is 6. The van der Waals surface area contributed by atoms with Gasteiger partial charge in [0, 0.05) is 12.1 Å². The molecule has 0 rings (SSSR count). The highest BCUT2D eigenvalue weighted by Crippen LogP contribution is 2.07. The maximum absolute atomic E-state index is 11.5. The zero-order valence-corrected chi connectivity index (χ0v) is 12.1. The van der Waals surface area contributed by atoms with Crippen molar-refractivity contribution in [2.24, 2.45) is 0 Å². The van der Waals surface area contributed by atoms with Gasteiger partial charge in [-0.15, -0.1) is 0 Å². The summed E-state index contributed by atoms with van der Waals surface area (Å²) in [6.07, 6.45) is 1.69. The quantitative estimate of drug-likeness (QED) is 0.755. The maximum atomic E-state index is 11.5. The van der Waals surface area contributed by atoms with Gasteiger partial charge in [-0.1, -0.05) is 6.92 Å². The minimum Gasteiger partial charge on any atom is -0.444 e. The Balaban J connectivity index is 3.71. The van der Waals surface area contributed by atoms with E-state index in [1.54, 1.807) is 0 Å². The second-order valence-electron chi connectivity index (χ2n) is 5.60. The Hall–Kier alpha value is -0.770. The molecule has 0 aliphatic rings. The predicted octanol–water partition coefficient (Wildman–Crippen LogP) is 2.68. The van der Waals surface area contributed by atoms with E-state index >= 15 is 0 Å². The van der Waals surface area contributed by atoms with Crippen LogP contribution in [0.3, 0.4) is 0 Å². The summed E-state index contributed by atoms with van der Waals surface area (Å²) >= 11 is 0. The van der Waals surface area contributed by atoms with Crippen molar-refractivity contribution in [3.8, 4) is 0 Å². The molecular formula is C13H28N2O2. The Morgan fingerprint density at radius 1 is 1.24 bits per heavy atom. The lowest BCUT2D eigenvalue weighted by Gasteiger charge is -2.22. The number of hydrogen-bond donors (Lipinski definition) is 2. The zero-order chi connectivity index (χ0) is 13.5. The van der Waals surface area contributed by atoms with Crippen LogP contribution < -0.4 is 10.6 Å². The number of ether oxygens (including phenoxy) is 1. The van der Waals surface area contributed by atoms with Gasteiger partial charge in [-0.2, -0.15) is 0 Å². The fourth-order valence-corrected chi connectivity index (χ4v) is 1.27. The molecule has 4 heteroatoms. The Labute approximate surface area is 105 Å². The second kappa shape index (κ2) is 7.54. The zero-order valence-electron chi connectivity index (χ0n) is 12.1. The van der Waals surface area contributed by atoms with Crippen molar-refractivity contribution >= 4 is 6.09 Å². The minimum absolute atomic E-state index is 0.126. The molecule has 0 saturated carbocycles. The Morgan fingerprint density at radius 3 is 2.29 bits per heavy atom. The van der Waals surface area contributed by atoms with Crippen LogP contribution in [-0.2, 0) is 4.74 Å². The van der Waals surface area contributed by atoms with Gasteiger partial charge in [0.1, 0.15) is 5.60 Å². The van der Waals surface area contributed by atoms with Crippen molar-refractivity contribution in [2.45, 2.75) is 72.1 Å². The van der Waals surface area contributed by atoms with E-state index in [2.05, 4.69) is 24.5 Å². The average molecular weight is 244 g/mol. The Kier molecular flexibility index (Phi) is 7.19. The van der Waals surface area contributed by atoms with Gasteiger partial charge < -0.3 is 15.4 Å². The van der Waals surface area contributed by atoms with Gasteiger partial charge >= 0.3 is 6.09 Å². The molecule has 0 saturated heterocycles. The van der Waals surface area contributed by atoms with Crippen molar-refractivity contribution in [3.63, 3.8) is 0 Å². The third-order valence-corrected chi connectivity index (χ3v) is 2.45. The summed E-state index contributed by atoms with van der Waals surface area (Å²) in [5, 5.41) is 6.22. The summed E-state index contributed by atoms with van der Waals surface area (Å²) in [5.41, 5.74) is -0.432. The highest BCUT2D eigenvalue weighted by Gasteiger charge is 2.17. The third kappa shape index (κ3) is 10.1. The molecule has 0 fully saturated rings. The summed E-state index contributed by atoms with van der Waals surface area (Å²) in [4.78, 5) is 11.5. The van der Waals surface area contributed by atoms with Crippen LogP contribution in [0.25, 0.3) is 0 Å². The van der Waals surface area contributed by atoms with E-state index in [1.807, 2.05) is 27.7 Å². The van der Waals surface area contributed by atoms with Crippen LogP contribution in [0.4, 0.5) is 4.79 Å². The first-order chi connectivity index (χ1) is 7.74. The van der Waals surface area contributed by atoms with Gasteiger partial charge in [0.2, 0.25) is 0 Å². The Morgan fingerprint density at radius 2 is 1.82 bits per heavy atom. The number of amides is 1. The van der Waals surface area contributed by atoms with Gasteiger partial charge in [0.05, 0.1) is 0 Å². The van der Waals surface area contributed by atoms with Gasteiger partial charge in [-0.3, -0.25) is 0 Å². The summed E-state index contributed by atoms with van der Waals surface area (Å²) in [7, 11) is 0. The van der Waals surface area contributed by atoms with Crippen molar-refractivity contribution in [2.75, 3.05) is 6.54 Å². The monoisotopic (exact) mass is 244 g/mol. The number of alkyl carbamates (subject to hydrolysis) is 1. The van der Waals surface area contributed by atoms with E-state index in [0.717, 1.165) is 19.4 Å². The fraction of sp³-hybridized carbons (Fsp3) is 0.923. The van der Waals surface area contributed by atoms with E-state index in [-0.39, 0.29) is 12.1 Å². The van der Waals surface area contributed by atoms with E-state index in [4.69, 9.17) is 4.74 Å². The number of carbonyl (C=O) groups excluding carboxylic acids is 1. The first-order valence-electron chi connectivity index (χ1n) is 6.47. The third-order valence-electron chi connectivity index (χ3n) is 2.45. The molecule has 0 aromatic rings. The molecule has 4 nitrogen and oxygen atoms in total. The molecule has 2 unspecified atom stereocenters. The molecule has 2 atom stereocenters. The lowest BCUT2D eigenvalue weighted by molar-refractivity contribution is 0.0506. The van der Waals surface area contributed by atoms with E-state index in [9.17, 15) is 4.79 Å². The predicted molar refractivity (Wildman–Crippen MR) is 71.2 cm³/mol. The van der Waals surface area contributed by atoms with Crippen molar-refractivity contribution in [3.05, 3.63) is 0 Å². The van der Waals surface area contributed by atoms with Gasteiger partial charge in [-0.05, 0) is 54.0 Å². The maximum Gasteiger partial charge on any atom is 0.407 e. The molecule has 0 aliphatic carbocycles. The fourth-order valence-electron chi connectivity index (χ4n) is 1.27. The van der Waals surface area contributed by atoms with E-state index in [1.165, 1.54) is 0 Å². The van der Waals surface area contributed by atoms with E-state index in [0.29, 0.717) is 6.04 Å². The first-order valence-corrected chi connectivity index (χ1v) is 6.47. The lowest BCUT2D eigenvalue weighted by atomic mass is 10.2. The Bertz CT molecular complexity index is 224. The average Bonchev–Trinajstić information content (AvgIpc) is 2.13. The molecule has 0 spiro atoms. The molecule has 0 aromatic heterocycles. The molecule has 17 heavy (non-hydrogen) atoms. The van der Waals surface area contributed by atoms with Crippen LogP contribution in [0.1, 0.15) is 54.4 Å². The molecule has 0 aromatic carbocycles. The van der Waals surface area contributed by atoms with Crippen molar-refractivity contribution in [1.29, 1.82) is 0 Å². The van der Waals surface area contributed by atoms with Crippen LogP contribution in [0.5, 0.6) is 0 Å². The summed E-state index contributed by atoms with van der Waals surface area (Å²) in [6.45, 7) is 12.8. The van der Waals surface area contributed by atoms with Gasteiger partial charge in [0.25, 0.3) is 0 Å². The van der Waals surface area contributed by atoms with Gasteiger partial charge in [0.15, 0.2) is 0 Å². The molecule has 0 aliphatic heterocycles. The molecule has 0 bridgehead atoms. The standard InChI is InChI=1S/C13H28N2O2/c1-7-10(2)14-9-8-11(3)15-12(16)17-13(4,5)6/h10-11,14H,7-9H2,1-6H3,(H,15,16). The SMILES string of the molecule is CCC(C)NCCC(C)NC(=O)OC(C)(C)C. The smallest absolute Gasteiger partial charge is 0.407 e. The second-order valence-corrected chi connectivity index (χ2v) is 5.60. The van der Waals surface area contributed by atoms with Crippen molar-refractivity contribution < 1.29 is 9.53 Å². The molecule has 102 valence electrons. The molecule has 1 amide bonds. The minimum atomic E-state index is -0.432. The van der Waals surface area contributed by atoms with Crippen molar-refractivity contribution in [1.82, 2.24) is 10.6 Å². The topological polar surface area (TPSA) is 50.4 Å². The number of carbonyl (C=O) groups is 1. The summed E-state index contributed by atoms with van der Waals surface area (Å²) < 4.78 is 5.19. The first kappa shape index (κ1) is 16.2. The van der Waals surface area contributed by atoms with Crippen LogP contribution in [-0.4, -0.2) is 30.3 Å². The van der Waals surface area contributed by atoms with Gasteiger partial charge in [-0.25, -0.2) is 4.79 Å². The van der Waals surface area contributed by atoms with Crippen LogP contribution >= 0.6 is 0 Å². The molecule has 0 radical (unpaired) electrons. The number of nitrogens with one attached hydrogen (secondary N) is 2. The number of hydrogen-bond acceptors (Lipinski definition) is 3. The molecular weight excluding hydrogens is 216 g/mol. The van der Waals surface area contributed by atoms with Crippen LogP contribution in [0, 0.1) is 0 Å². The van der Waals surface area contributed by atoms with Crippen LogP contribution in [0.15, 0.2) is 0 Å². The highest BCUT2D eigenvalue weighted by atomic mass is 16.6. The summed E-state index contributed by atoms with van der Waals surface area (Å²) in [6, 6.07) is 0.658. The van der Waals surface area contributed by atoms with E-state index < -0.39 is 5.60 Å². The summed E-state index contributed by atoms with van der Waals surface area (Å²) in [5.74, 6) is 0. The molecule has 2 N–H and O–H groups in total. The lowest BCUT2D eigenvalue weighted by Crippen LogP contribution is -2.39.